The normalized spacial score (nSPS) is 28.1. The van der Waals surface area contributed by atoms with E-state index in [1.165, 1.54) is 17.7 Å². The molecule has 1 aromatic carbocycles. The van der Waals surface area contributed by atoms with Gasteiger partial charge in [-0.05, 0) is 42.7 Å². The summed E-state index contributed by atoms with van der Waals surface area (Å²) in [6.07, 6.45) is 5.25. The van der Waals surface area contributed by atoms with Crippen molar-refractivity contribution in [2.75, 3.05) is 18.1 Å². The average Bonchev–Trinajstić information content (AvgIpc) is 3.09. The van der Waals surface area contributed by atoms with E-state index in [1.54, 1.807) is 0 Å². The molecule has 1 aromatic heterocycles. The highest BCUT2D eigenvalue weighted by atomic mass is 32.2. The number of hydrogen-bond donors (Lipinski definition) is 1. The molecule has 4 rings (SSSR count). The van der Waals surface area contributed by atoms with Crippen LogP contribution in [0.2, 0.25) is 0 Å². The zero-order valence-corrected chi connectivity index (χ0v) is 14.7. The zero-order valence-electron chi connectivity index (χ0n) is 13.9. The molecule has 24 heavy (non-hydrogen) atoms. The van der Waals surface area contributed by atoms with Gasteiger partial charge < -0.3 is 10.1 Å². The third-order valence-corrected chi connectivity index (χ3v) is 6.30. The first kappa shape index (κ1) is 16.1. The Morgan fingerprint density at radius 1 is 1.17 bits per heavy atom. The van der Waals surface area contributed by atoms with Crippen molar-refractivity contribution in [3.8, 4) is 0 Å². The highest BCUT2D eigenvalue weighted by molar-refractivity contribution is 7.99. The Morgan fingerprint density at radius 2 is 2.04 bits per heavy atom. The van der Waals surface area contributed by atoms with E-state index < -0.39 is 0 Å². The van der Waals surface area contributed by atoms with Gasteiger partial charge in [0.15, 0.2) is 0 Å². The molecule has 126 valence electrons. The van der Waals surface area contributed by atoms with E-state index in [2.05, 4.69) is 52.8 Å². The van der Waals surface area contributed by atoms with Gasteiger partial charge in [0.05, 0.1) is 17.3 Å². The minimum Gasteiger partial charge on any atom is -0.374 e. The lowest BCUT2D eigenvalue weighted by atomic mass is 9.88. The number of pyridine rings is 1. The summed E-state index contributed by atoms with van der Waals surface area (Å²) >= 11 is 2.03. The largest absolute Gasteiger partial charge is 0.374 e. The zero-order chi connectivity index (χ0) is 16.2. The van der Waals surface area contributed by atoms with Crippen molar-refractivity contribution in [2.24, 2.45) is 0 Å². The monoisotopic (exact) mass is 340 g/mol. The Morgan fingerprint density at radius 3 is 2.79 bits per heavy atom. The molecule has 0 amide bonds. The molecule has 2 aliphatic rings. The van der Waals surface area contributed by atoms with Gasteiger partial charge in [-0.15, -0.1) is 0 Å². The molecule has 3 heterocycles. The molecule has 4 heteroatoms. The third-order valence-electron chi connectivity index (χ3n) is 5.08. The molecule has 2 aliphatic heterocycles. The quantitative estimate of drug-likeness (QED) is 0.918. The standard InChI is InChI=1S/C20H24N2OS/c1-2-6-16(7-3-1)19(18-8-4-5-11-21-18)22-17-9-12-23-20(14-17)10-13-24-15-20/h1-8,11,17,19,22H,9-10,12-15H2/t17-,19-,20+/m0/s1. The molecule has 3 nitrogen and oxygen atoms in total. The number of rotatable bonds is 4. The van der Waals surface area contributed by atoms with Crippen molar-refractivity contribution in [2.45, 2.75) is 36.9 Å². The Bertz CT molecular complexity index is 604. The second kappa shape index (κ2) is 7.26. The molecule has 3 atom stereocenters. The van der Waals surface area contributed by atoms with Crippen molar-refractivity contribution in [1.82, 2.24) is 10.3 Å². The van der Waals surface area contributed by atoms with Crippen LogP contribution in [0.1, 0.15) is 36.6 Å². The average molecular weight is 340 g/mol. The maximum Gasteiger partial charge on any atom is 0.0795 e. The van der Waals surface area contributed by atoms with Gasteiger partial charge in [-0.25, -0.2) is 0 Å². The van der Waals surface area contributed by atoms with E-state index in [0.717, 1.165) is 30.9 Å². The van der Waals surface area contributed by atoms with Crippen LogP contribution in [0, 0.1) is 0 Å². The summed E-state index contributed by atoms with van der Waals surface area (Å²) in [5.74, 6) is 2.37. The van der Waals surface area contributed by atoms with Crippen LogP contribution in [0.3, 0.4) is 0 Å². The molecule has 0 bridgehead atoms. The number of aromatic nitrogens is 1. The summed E-state index contributed by atoms with van der Waals surface area (Å²) in [5.41, 5.74) is 2.47. The first-order chi connectivity index (χ1) is 11.8. The SMILES string of the molecule is c1ccc([C@H](N[C@H]2CCO[C@]3(CCSC3)C2)c2ccccn2)cc1. The van der Waals surface area contributed by atoms with E-state index in [-0.39, 0.29) is 11.6 Å². The fourth-order valence-electron chi connectivity index (χ4n) is 3.81. The second-order valence-electron chi connectivity index (χ2n) is 6.79. The van der Waals surface area contributed by atoms with Crippen LogP contribution in [-0.4, -0.2) is 34.7 Å². The van der Waals surface area contributed by atoms with E-state index in [1.807, 2.05) is 24.0 Å². The van der Waals surface area contributed by atoms with Crippen molar-refractivity contribution >= 4 is 11.8 Å². The van der Waals surface area contributed by atoms with Crippen LogP contribution < -0.4 is 5.32 Å². The van der Waals surface area contributed by atoms with Gasteiger partial charge in [-0.2, -0.15) is 11.8 Å². The minimum absolute atomic E-state index is 0.103. The number of hydrogen-bond acceptors (Lipinski definition) is 4. The molecule has 2 fully saturated rings. The number of benzene rings is 1. The number of thioether (sulfide) groups is 1. The third kappa shape index (κ3) is 3.51. The van der Waals surface area contributed by atoms with Gasteiger partial charge in [0.25, 0.3) is 0 Å². The summed E-state index contributed by atoms with van der Waals surface area (Å²) in [6.45, 7) is 0.863. The summed E-state index contributed by atoms with van der Waals surface area (Å²) in [7, 11) is 0. The highest BCUT2D eigenvalue weighted by Gasteiger charge is 2.41. The molecule has 0 radical (unpaired) electrons. The first-order valence-corrected chi connectivity index (χ1v) is 9.94. The Labute approximate surface area is 148 Å². The summed E-state index contributed by atoms with van der Waals surface area (Å²) < 4.78 is 6.17. The molecular weight excluding hydrogens is 316 g/mol. The van der Waals surface area contributed by atoms with E-state index in [9.17, 15) is 0 Å². The Balaban J connectivity index is 1.56. The van der Waals surface area contributed by atoms with Crippen LogP contribution in [0.5, 0.6) is 0 Å². The van der Waals surface area contributed by atoms with E-state index in [0.29, 0.717) is 6.04 Å². The van der Waals surface area contributed by atoms with E-state index >= 15 is 0 Å². The number of ether oxygens (including phenoxy) is 1. The van der Waals surface area contributed by atoms with Crippen LogP contribution in [0.25, 0.3) is 0 Å². The maximum atomic E-state index is 6.17. The van der Waals surface area contributed by atoms with Gasteiger partial charge in [-0.1, -0.05) is 36.4 Å². The van der Waals surface area contributed by atoms with Crippen LogP contribution in [0.15, 0.2) is 54.7 Å². The van der Waals surface area contributed by atoms with Crippen LogP contribution in [0.4, 0.5) is 0 Å². The summed E-state index contributed by atoms with van der Waals surface area (Å²) in [4.78, 5) is 4.61. The van der Waals surface area contributed by atoms with Crippen LogP contribution in [-0.2, 0) is 4.74 Å². The molecule has 2 aromatic rings. The van der Waals surface area contributed by atoms with Gasteiger partial charge >= 0.3 is 0 Å². The Hall–Kier alpha value is -1.36. The molecule has 0 unspecified atom stereocenters. The number of nitrogens with one attached hydrogen (secondary N) is 1. The summed E-state index contributed by atoms with van der Waals surface area (Å²) in [6, 6.07) is 17.4. The lowest BCUT2D eigenvalue weighted by Crippen LogP contribution is -2.48. The van der Waals surface area contributed by atoms with Gasteiger partial charge in [0.1, 0.15) is 0 Å². The topological polar surface area (TPSA) is 34.1 Å². The molecule has 1 spiro atoms. The van der Waals surface area contributed by atoms with Crippen molar-refractivity contribution in [3.05, 3.63) is 66.0 Å². The summed E-state index contributed by atoms with van der Waals surface area (Å²) in [5, 5.41) is 3.89. The second-order valence-corrected chi connectivity index (χ2v) is 7.89. The molecule has 1 N–H and O–H groups in total. The minimum atomic E-state index is 0.103. The predicted octanol–water partition coefficient (Wildman–Crippen LogP) is 3.82. The first-order valence-electron chi connectivity index (χ1n) is 8.78. The predicted molar refractivity (Wildman–Crippen MR) is 99.3 cm³/mol. The fourth-order valence-corrected chi connectivity index (χ4v) is 5.19. The fraction of sp³-hybridized carbons (Fsp3) is 0.450. The molecule has 0 aliphatic carbocycles. The highest BCUT2D eigenvalue weighted by Crippen LogP contribution is 2.39. The van der Waals surface area contributed by atoms with Crippen molar-refractivity contribution in [1.29, 1.82) is 0 Å². The number of nitrogens with zero attached hydrogens (tertiary/aromatic N) is 1. The van der Waals surface area contributed by atoms with Gasteiger partial charge in [-0.3, -0.25) is 4.98 Å². The van der Waals surface area contributed by atoms with Gasteiger partial charge in [0, 0.05) is 24.6 Å². The maximum absolute atomic E-state index is 6.17. The van der Waals surface area contributed by atoms with Crippen LogP contribution >= 0.6 is 11.8 Å². The Kier molecular flexibility index (Phi) is 4.88. The lowest BCUT2D eigenvalue weighted by molar-refractivity contribution is -0.0709. The van der Waals surface area contributed by atoms with Crippen molar-refractivity contribution in [3.63, 3.8) is 0 Å². The smallest absolute Gasteiger partial charge is 0.0795 e. The lowest BCUT2D eigenvalue weighted by Gasteiger charge is -2.39. The van der Waals surface area contributed by atoms with E-state index in [4.69, 9.17) is 4.74 Å². The van der Waals surface area contributed by atoms with Gasteiger partial charge in [0.2, 0.25) is 0 Å². The molecule has 2 saturated heterocycles. The molecular formula is C20H24N2OS. The van der Waals surface area contributed by atoms with Crippen molar-refractivity contribution < 1.29 is 4.74 Å². The molecule has 0 saturated carbocycles.